The molecule has 0 aliphatic carbocycles. The highest BCUT2D eigenvalue weighted by Crippen LogP contribution is 2.34. The molecule has 154 valence electrons. The van der Waals surface area contributed by atoms with Crippen LogP contribution in [0.1, 0.15) is 29.9 Å². The number of carbonyl (C=O) groups excluding carboxylic acids is 2. The van der Waals surface area contributed by atoms with E-state index < -0.39 is 12.5 Å². The third-order valence-electron chi connectivity index (χ3n) is 4.97. The highest BCUT2D eigenvalue weighted by molar-refractivity contribution is 5.88. The molecule has 9 nitrogen and oxygen atoms in total. The van der Waals surface area contributed by atoms with E-state index >= 15 is 0 Å². The summed E-state index contributed by atoms with van der Waals surface area (Å²) in [5.41, 5.74) is 0.830. The molecule has 29 heavy (non-hydrogen) atoms. The summed E-state index contributed by atoms with van der Waals surface area (Å²) in [6, 6.07) is 1.34. The molecular weight excluding hydrogens is 390 g/mol. The lowest BCUT2D eigenvalue weighted by Crippen LogP contribution is -2.44. The number of cyclic esters (lactones) is 1. The minimum Gasteiger partial charge on any atom is -0.489 e. The monoisotopic (exact) mass is 408 g/mol. The molecule has 1 amide bonds. The van der Waals surface area contributed by atoms with Gasteiger partial charge in [-0.25, -0.2) is 19.3 Å². The number of ether oxygens (including phenoxy) is 3. The highest BCUT2D eigenvalue weighted by atomic mass is 19.3. The van der Waals surface area contributed by atoms with Gasteiger partial charge in [0.05, 0.1) is 19.3 Å². The molecule has 2 aromatic heterocycles. The zero-order chi connectivity index (χ0) is 20.5. The fourth-order valence-corrected chi connectivity index (χ4v) is 3.50. The molecule has 2 atom stereocenters. The van der Waals surface area contributed by atoms with Crippen LogP contribution in [0.3, 0.4) is 0 Å². The molecule has 0 unspecified atom stereocenters. The van der Waals surface area contributed by atoms with Gasteiger partial charge in [0.2, 0.25) is 0 Å². The zero-order valence-corrected chi connectivity index (χ0v) is 15.5. The van der Waals surface area contributed by atoms with E-state index in [1.807, 2.05) is 0 Å². The molecule has 0 saturated carbocycles. The Kier molecular flexibility index (Phi) is 5.03. The van der Waals surface area contributed by atoms with Crippen LogP contribution in [0, 0.1) is 0 Å². The molecule has 2 aromatic rings. The van der Waals surface area contributed by atoms with Crippen LogP contribution in [0.25, 0.3) is 11.1 Å². The lowest BCUT2D eigenvalue weighted by atomic mass is 10.0. The van der Waals surface area contributed by atoms with Gasteiger partial charge in [-0.2, -0.15) is 13.9 Å². The number of nitrogens with zero attached hydrogens (tertiary/aromatic N) is 4. The van der Waals surface area contributed by atoms with Gasteiger partial charge in [-0.1, -0.05) is 0 Å². The van der Waals surface area contributed by atoms with E-state index in [-0.39, 0.29) is 23.9 Å². The zero-order valence-electron chi connectivity index (χ0n) is 15.5. The van der Waals surface area contributed by atoms with E-state index in [0.29, 0.717) is 47.6 Å². The van der Waals surface area contributed by atoms with Crippen LogP contribution in [0.2, 0.25) is 0 Å². The number of esters is 1. The van der Waals surface area contributed by atoms with Crippen LogP contribution < -0.4 is 4.74 Å². The van der Waals surface area contributed by atoms with Gasteiger partial charge in [0, 0.05) is 49.0 Å². The van der Waals surface area contributed by atoms with Gasteiger partial charge in [0.1, 0.15) is 18.5 Å². The second kappa shape index (κ2) is 7.64. The van der Waals surface area contributed by atoms with Gasteiger partial charge in [0.15, 0.2) is 5.69 Å². The standard InChI is InChI=1S/C18H18F2N4O5/c1-27-16(25)14-5-15(13(7-21-14)10-6-22-24(8-10)17(19)20)29-12-2-3-23-11(4-12)9-28-18(23)26/h5-8,11-12,17H,2-4,9H2,1H3/t11-,12-/m0/s1. The Morgan fingerprint density at radius 1 is 1.38 bits per heavy atom. The summed E-state index contributed by atoms with van der Waals surface area (Å²) in [6.07, 6.45) is 4.37. The van der Waals surface area contributed by atoms with Crippen molar-refractivity contribution in [3.63, 3.8) is 0 Å². The van der Waals surface area contributed by atoms with Crippen molar-refractivity contribution in [2.45, 2.75) is 31.5 Å². The van der Waals surface area contributed by atoms with Gasteiger partial charge in [0.25, 0.3) is 0 Å². The number of halogens is 2. The number of methoxy groups -OCH3 is 1. The third-order valence-corrected chi connectivity index (χ3v) is 4.97. The fraction of sp³-hybridized carbons (Fsp3) is 0.444. The Bertz CT molecular complexity index is 935. The number of alkyl halides is 2. The van der Waals surface area contributed by atoms with Crippen molar-refractivity contribution in [1.82, 2.24) is 19.7 Å². The molecule has 4 rings (SSSR count). The van der Waals surface area contributed by atoms with Crippen LogP contribution >= 0.6 is 0 Å². The molecule has 0 radical (unpaired) electrons. The normalized spacial score (nSPS) is 21.1. The van der Waals surface area contributed by atoms with E-state index in [1.54, 1.807) is 4.90 Å². The van der Waals surface area contributed by atoms with Gasteiger partial charge >= 0.3 is 18.6 Å². The number of fused-ring (bicyclic) bond motifs is 1. The number of amides is 1. The van der Waals surface area contributed by atoms with Crippen LogP contribution in [0.4, 0.5) is 13.6 Å². The molecular formula is C18H18F2N4O5. The Morgan fingerprint density at radius 3 is 2.93 bits per heavy atom. The molecule has 2 aliphatic heterocycles. The number of carbonyl (C=O) groups is 2. The topological polar surface area (TPSA) is 95.8 Å². The Balaban J connectivity index is 1.62. The minimum atomic E-state index is -2.78. The smallest absolute Gasteiger partial charge is 0.410 e. The largest absolute Gasteiger partial charge is 0.489 e. The first-order chi connectivity index (χ1) is 14.0. The maximum Gasteiger partial charge on any atom is 0.410 e. The number of hydrogen-bond donors (Lipinski definition) is 0. The highest BCUT2D eigenvalue weighted by Gasteiger charge is 2.39. The molecule has 11 heteroatoms. The summed E-state index contributed by atoms with van der Waals surface area (Å²) in [6.45, 7) is -1.99. The number of rotatable bonds is 5. The molecule has 0 bridgehead atoms. The van der Waals surface area contributed by atoms with Crippen LogP contribution in [-0.2, 0) is 9.47 Å². The van der Waals surface area contributed by atoms with Crippen molar-refractivity contribution < 1.29 is 32.6 Å². The maximum atomic E-state index is 12.9. The fourth-order valence-electron chi connectivity index (χ4n) is 3.50. The summed E-state index contributed by atoms with van der Waals surface area (Å²) >= 11 is 0. The number of pyridine rings is 1. The SMILES string of the molecule is COC(=O)c1cc(O[C@H]2CCN3C(=O)OC[C@@H]3C2)c(-c2cnn(C(F)F)c2)cn1. The Labute approximate surface area is 164 Å². The average Bonchev–Trinajstić information content (AvgIpc) is 3.35. The van der Waals surface area contributed by atoms with Gasteiger partial charge in [-0.3, -0.25) is 0 Å². The summed E-state index contributed by atoms with van der Waals surface area (Å²) in [5.74, 6) is -0.341. The van der Waals surface area contributed by atoms with Crippen molar-refractivity contribution >= 4 is 12.1 Å². The maximum absolute atomic E-state index is 12.9. The average molecular weight is 408 g/mol. The van der Waals surface area contributed by atoms with Crippen LogP contribution in [0.15, 0.2) is 24.7 Å². The van der Waals surface area contributed by atoms with E-state index in [2.05, 4.69) is 10.1 Å². The van der Waals surface area contributed by atoms with Gasteiger partial charge < -0.3 is 19.1 Å². The first kappa shape index (κ1) is 19.1. The van der Waals surface area contributed by atoms with Gasteiger partial charge in [-0.05, 0) is 0 Å². The molecule has 4 heterocycles. The van der Waals surface area contributed by atoms with Crippen molar-refractivity contribution in [2.24, 2.45) is 0 Å². The molecule has 0 N–H and O–H groups in total. The van der Waals surface area contributed by atoms with Crippen molar-refractivity contribution in [1.29, 1.82) is 0 Å². The molecule has 0 spiro atoms. The van der Waals surface area contributed by atoms with Crippen LogP contribution in [-0.4, -0.2) is 64.1 Å². The van der Waals surface area contributed by atoms with Crippen molar-refractivity contribution in [3.05, 3.63) is 30.4 Å². The second-order valence-electron chi connectivity index (χ2n) is 6.73. The number of hydrogen-bond acceptors (Lipinski definition) is 7. The Morgan fingerprint density at radius 2 is 2.21 bits per heavy atom. The summed E-state index contributed by atoms with van der Waals surface area (Å²) in [5, 5.41) is 3.64. The van der Waals surface area contributed by atoms with Crippen molar-refractivity contribution in [3.8, 4) is 16.9 Å². The van der Waals surface area contributed by atoms with E-state index in [4.69, 9.17) is 14.2 Å². The third kappa shape index (κ3) is 3.71. The van der Waals surface area contributed by atoms with E-state index in [9.17, 15) is 18.4 Å². The second-order valence-corrected chi connectivity index (χ2v) is 6.73. The molecule has 0 aromatic carbocycles. The van der Waals surface area contributed by atoms with Gasteiger partial charge in [-0.15, -0.1) is 0 Å². The Hall–Kier alpha value is -3.24. The predicted octanol–water partition coefficient (Wildman–Crippen LogP) is 2.49. The molecule has 2 fully saturated rings. The van der Waals surface area contributed by atoms with Crippen LogP contribution in [0.5, 0.6) is 5.75 Å². The molecule has 2 saturated heterocycles. The van der Waals surface area contributed by atoms with Crippen molar-refractivity contribution in [2.75, 3.05) is 20.3 Å². The summed E-state index contributed by atoms with van der Waals surface area (Å²) in [4.78, 5) is 29.2. The minimum absolute atomic E-state index is 0.0318. The first-order valence-electron chi connectivity index (χ1n) is 8.97. The predicted molar refractivity (Wildman–Crippen MR) is 93.5 cm³/mol. The lowest BCUT2D eigenvalue weighted by Gasteiger charge is -2.32. The van der Waals surface area contributed by atoms with E-state index in [0.717, 1.165) is 0 Å². The lowest BCUT2D eigenvalue weighted by molar-refractivity contribution is 0.0565. The summed E-state index contributed by atoms with van der Waals surface area (Å²) < 4.78 is 42.2. The number of aromatic nitrogens is 3. The quantitative estimate of drug-likeness (QED) is 0.702. The first-order valence-corrected chi connectivity index (χ1v) is 8.97. The summed E-state index contributed by atoms with van der Waals surface area (Å²) in [7, 11) is 1.23. The molecule has 2 aliphatic rings. The van der Waals surface area contributed by atoms with E-state index in [1.165, 1.54) is 31.8 Å². The number of piperidine rings is 1.